The van der Waals surface area contributed by atoms with Gasteiger partial charge in [0.05, 0.1) is 13.3 Å². The predicted molar refractivity (Wildman–Crippen MR) is 47.2 cm³/mol. The van der Waals surface area contributed by atoms with Gasteiger partial charge in [0, 0.05) is 7.11 Å². The summed E-state index contributed by atoms with van der Waals surface area (Å²) < 4.78 is 31.1. The van der Waals surface area contributed by atoms with Gasteiger partial charge in [0.25, 0.3) is 0 Å². The summed E-state index contributed by atoms with van der Waals surface area (Å²) in [5.74, 6) is 0. The Bertz CT molecular complexity index is 165. The van der Waals surface area contributed by atoms with Crippen LogP contribution in [-0.4, -0.2) is 25.3 Å². The topological polar surface area (TPSA) is 55.8 Å². The molecule has 1 atom stereocenters. The Morgan fingerprint density at radius 3 is 2.46 bits per heavy atom. The SMILES string of the molecule is COP(=O)(O)OCCCCCCF. The maximum absolute atomic E-state index is 11.6. The Morgan fingerprint density at radius 1 is 1.31 bits per heavy atom. The number of phosphoric acid groups is 1. The first-order valence-corrected chi connectivity index (χ1v) is 5.71. The van der Waals surface area contributed by atoms with Gasteiger partial charge in [-0.1, -0.05) is 12.8 Å². The van der Waals surface area contributed by atoms with Crippen LogP contribution in [0.4, 0.5) is 4.39 Å². The fourth-order valence-corrected chi connectivity index (χ4v) is 1.25. The molecule has 0 saturated carbocycles. The Labute approximate surface area is 77.7 Å². The zero-order valence-corrected chi connectivity index (χ0v) is 8.63. The number of rotatable bonds is 8. The van der Waals surface area contributed by atoms with Gasteiger partial charge in [-0.25, -0.2) is 4.57 Å². The van der Waals surface area contributed by atoms with E-state index < -0.39 is 7.82 Å². The molecule has 0 aromatic heterocycles. The summed E-state index contributed by atoms with van der Waals surface area (Å²) in [5.41, 5.74) is 0. The van der Waals surface area contributed by atoms with E-state index in [1.54, 1.807) is 0 Å². The third-order valence-corrected chi connectivity index (χ3v) is 2.48. The van der Waals surface area contributed by atoms with Gasteiger partial charge in [-0.3, -0.25) is 13.4 Å². The van der Waals surface area contributed by atoms with Crippen molar-refractivity contribution in [1.29, 1.82) is 0 Å². The second-order valence-electron chi connectivity index (χ2n) is 2.59. The van der Waals surface area contributed by atoms with E-state index in [0.29, 0.717) is 12.8 Å². The van der Waals surface area contributed by atoms with E-state index in [1.165, 1.54) is 0 Å². The van der Waals surface area contributed by atoms with Gasteiger partial charge < -0.3 is 4.89 Å². The van der Waals surface area contributed by atoms with Gasteiger partial charge in [0.2, 0.25) is 0 Å². The number of alkyl halides is 1. The van der Waals surface area contributed by atoms with Crippen molar-refractivity contribution in [1.82, 2.24) is 0 Å². The summed E-state index contributed by atoms with van der Waals surface area (Å²) in [6.07, 6.45) is 2.77. The van der Waals surface area contributed by atoms with Crippen LogP contribution in [0, 0.1) is 0 Å². The molecular formula is C7H16FO4P. The molecule has 0 rings (SSSR count). The molecule has 0 aliphatic carbocycles. The van der Waals surface area contributed by atoms with Crippen molar-refractivity contribution in [3.8, 4) is 0 Å². The molecule has 0 spiro atoms. The van der Waals surface area contributed by atoms with Crippen LogP contribution in [0.5, 0.6) is 0 Å². The molecule has 0 aliphatic rings. The van der Waals surface area contributed by atoms with Crippen molar-refractivity contribution < 1.29 is 22.9 Å². The molecule has 80 valence electrons. The summed E-state index contributed by atoms with van der Waals surface area (Å²) in [6, 6.07) is 0. The summed E-state index contributed by atoms with van der Waals surface area (Å²) in [5, 5.41) is 0. The number of halogens is 1. The van der Waals surface area contributed by atoms with Crippen molar-refractivity contribution in [3.63, 3.8) is 0 Å². The molecule has 0 aliphatic heterocycles. The second-order valence-corrected chi connectivity index (χ2v) is 4.15. The number of hydrogen-bond donors (Lipinski definition) is 1. The third kappa shape index (κ3) is 8.37. The first kappa shape index (κ1) is 13.0. The van der Waals surface area contributed by atoms with E-state index in [-0.39, 0.29) is 13.3 Å². The van der Waals surface area contributed by atoms with Crippen LogP contribution in [0.1, 0.15) is 25.7 Å². The molecule has 0 amide bonds. The minimum Gasteiger partial charge on any atom is -0.303 e. The largest absolute Gasteiger partial charge is 0.471 e. The van der Waals surface area contributed by atoms with Crippen LogP contribution in [-0.2, 0) is 13.6 Å². The fraction of sp³-hybridized carbons (Fsp3) is 1.00. The third-order valence-electron chi connectivity index (χ3n) is 1.51. The molecule has 6 heteroatoms. The summed E-state index contributed by atoms with van der Waals surface area (Å²) in [4.78, 5) is 8.78. The molecule has 0 radical (unpaired) electrons. The van der Waals surface area contributed by atoms with E-state index in [0.717, 1.165) is 20.0 Å². The molecule has 4 nitrogen and oxygen atoms in total. The number of hydrogen-bond acceptors (Lipinski definition) is 3. The van der Waals surface area contributed by atoms with E-state index in [9.17, 15) is 8.96 Å². The van der Waals surface area contributed by atoms with E-state index in [1.807, 2.05) is 0 Å². The zero-order chi connectivity index (χ0) is 10.2. The summed E-state index contributed by atoms with van der Waals surface area (Å²) in [7, 11) is -2.69. The maximum atomic E-state index is 11.6. The highest BCUT2D eigenvalue weighted by atomic mass is 31.2. The Balaban J connectivity index is 3.21. The van der Waals surface area contributed by atoms with Crippen LogP contribution in [0.2, 0.25) is 0 Å². The lowest BCUT2D eigenvalue weighted by Crippen LogP contribution is -1.94. The van der Waals surface area contributed by atoms with Gasteiger partial charge in [-0.15, -0.1) is 0 Å². The first-order valence-electron chi connectivity index (χ1n) is 4.21. The van der Waals surface area contributed by atoms with Crippen molar-refractivity contribution in [3.05, 3.63) is 0 Å². The number of phosphoric ester groups is 1. The molecule has 1 N–H and O–H groups in total. The molecule has 13 heavy (non-hydrogen) atoms. The normalized spacial score (nSPS) is 15.6. The zero-order valence-electron chi connectivity index (χ0n) is 7.74. The first-order chi connectivity index (χ1) is 6.12. The van der Waals surface area contributed by atoms with E-state index in [4.69, 9.17) is 4.89 Å². The standard InChI is InChI=1S/C7H16FO4P/c1-11-13(9,10)12-7-5-3-2-4-6-8/h2-7H2,1H3,(H,9,10). The minimum atomic E-state index is -3.80. The second kappa shape index (κ2) is 7.44. The van der Waals surface area contributed by atoms with Gasteiger partial charge in [-0.05, 0) is 12.8 Å². The molecule has 1 unspecified atom stereocenters. The molecule has 0 bridgehead atoms. The quantitative estimate of drug-likeness (QED) is 0.497. The van der Waals surface area contributed by atoms with Gasteiger partial charge in [0.15, 0.2) is 0 Å². The van der Waals surface area contributed by atoms with Crippen LogP contribution in [0.25, 0.3) is 0 Å². The van der Waals surface area contributed by atoms with E-state index >= 15 is 0 Å². The molecule has 0 aromatic rings. The van der Waals surface area contributed by atoms with Crippen LogP contribution in [0.3, 0.4) is 0 Å². The monoisotopic (exact) mass is 214 g/mol. The lowest BCUT2D eigenvalue weighted by atomic mass is 10.2. The summed E-state index contributed by atoms with van der Waals surface area (Å²) >= 11 is 0. The average molecular weight is 214 g/mol. The van der Waals surface area contributed by atoms with Crippen LogP contribution >= 0.6 is 7.82 Å². The lowest BCUT2D eigenvalue weighted by molar-refractivity contribution is 0.170. The van der Waals surface area contributed by atoms with Crippen LogP contribution < -0.4 is 0 Å². The average Bonchev–Trinajstić information content (AvgIpc) is 2.11. The lowest BCUT2D eigenvalue weighted by Gasteiger charge is -2.08. The maximum Gasteiger partial charge on any atom is 0.471 e. The molecular weight excluding hydrogens is 198 g/mol. The molecule has 0 saturated heterocycles. The van der Waals surface area contributed by atoms with Crippen molar-refractivity contribution in [2.45, 2.75) is 25.7 Å². The Kier molecular flexibility index (Phi) is 7.47. The Morgan fingerprint density at radius 2 is 1.92 bits per heavy atom. The molecule has 0 aromatic carbocycles. The smallest absolute Gasteiger partial charge is 0.303 e. The van der Waals surface area contributed by atoms with Gasteiger partial charge in [0.1, 0.15) is 0 Å². The van der Waals surface area contributed by atoms with Crippen molar-refractivity contribution >= 4 is 7.82 Å². The summed E-state index contributed by atoms with van der Waals surface area (Å²) in [6.45, 7) is -0.134. The molecule has 0 fully saturated rings. The fourth-order valence-electron chi connectivity index (χ4n) is 0.783. The predicted octanol–water partition coefficient (Wildman–Crippen LogP) is 2.28. The van der Waals surface area contributed by atoms with Crippen molar-refractivity contribution in [2.75, 3.05) is 20.4 Å². The molecule has 0 heterocycles. The Hall–Kier alpha value is 0.0400. The highest BCUT2D eigenvalue weighted by Gasteiger charge is 2.16. The van der Waals surface area contributed by atoms with Crippen LogP contribution in [0.15, 0.2) is 0 Å². The van der Waals surface area contributed by atoms with Crippen molar-refractivity contribution in [2.24, 2.45) is 0 Å². The van der Waals surface area contributed by atoms with E-state index in [2.05, 4.69) is 9.05 Å². The van der Waals surface area contributed by atoms with Gasteiger partial charge >= 0.3 is 7.82 Å². The van der Waals surface area contributed by atoms with Gasteiger partial charge in [-0.2, -0.15) is 0 Å². The highest BCUT2D eigenvalue weighted by Crippen LogP contribution is 2.41. The highest BCUT2D eigenvalue weighted by molar-refractivity contribution is 7.47. The minimum absolute atomic E-state index is 0.175. The number of unbranched alkanes of at least 4 members (excludes halogenated alkanes) is 3.